The molecule has 10 heteroatoms. The number of rotatable bonds is 5. The van der Waals surface area contributed by atoms with Crippen LogP contribution in [0.2, 0.25) is 5.02 Å². The van der Waals surface area contributed by atoms with Crippen molar-refractivity contribution in [2.45, 2.75) is 13.0 Å². The Labute approximate surface area is 197 Å². The summed E-state index contributed by atoms with van der Waals surface area (Å²) in [5, 5.41) is 13.8. The largest absolute Gasteiger partial charge is 0.449 e. The molecule has 1 aliphatic carbocycles. The maximum atomic E-state index is 13.1. The van der Waals surface area contributed by atoms with Gasteiger partial charge in [-0.2, -0.15) is 0 Å². The maximum Gasteiger partial charge on any atom is 0.345 e. The highest BCUT2D eigenvalue weighted by molar-refractivity contribution is 6.31. The highest BCUT2D eigenvalue weighted by Crippen LogP contribution is 2.32. The van der Waals surface area contributed by atoms with Crippen LogP contribution < -0.4 is 5.32 Å². The van der Waals surface area contributed by atoms with Crippen molar-refractivity contribution in [3.05, 3.63) is 104 Å². The molecule has 1 atom stereocenters. The van der Waals surface area contributed by atoms with Crippen LogP contribution in [0.3, 0.4) is 0 Å². The van der Waals surface area contributed by atoms with Gasteiger partial charge < -0.3 is 10.1 Å². The minimum atomic E-state index is -1.39. The number of anilines is 1. The number of nitrogens with one attached hydrogen (secondary N) is 1. The number of ether oxygens (including phenoxy) is 1. The van der Waals surface area contributed by atoms with E-state index in [0.29, 0.717) is 0 Å². The number of fused-ring (bicyclic) bond motifs is 2. The number of benzene rings is 3. The van der Waals surface area contributed by atoms with Gasteiger partial charge in [0.05, 0.1) is 16.2 Å². The first-order valence-corrected chi connectivity index (χ1v) is 10.3. The summed E-state index contributed by atoms with van der Waals surface area (Å²) in [5.74, 6) is -2.70. The normalized spacial score (nSPS) is 12.9. The van der Waals surface area contributed by atoms with Crippen LogP contribution in [-0.4, -0.2) is 34.5 Å². The van der Waals surface area contributed by atoms with Crippen molar-refractivity contribution in [2.24, 2.45) is 0 Å². The fourth-order valence-corrected chi connectivity index (χ4v) is 3.76. The zero-order chi connectivity index (χ0) is 24.6. The number of esters is 1. The predicted octanol–water partition coefficient (Wildman–Crippen LogP) is 4.21. The van der Waals surface area contributed by atoms with Crippen molar-refractivity contribution in [3.8, 4) is 0 Å². The zero-order valence-corrected chi connectivity index (χ0v) is 18.3. The van der Waals surface area contributed by atoms with Crippen LogP contribution in [0.15, 0.2) is 60.7 Å². The van der Waals surface area contributed by atoms with Crippen molar-refractivity contribution in [1.82, 2.24) is 0 Å². The van der Waals surface area contributed by atoms with E-state index in [0.717, 1.165) is 12.1 Å². The first kappa shape index (κ1) is 22.8. The van der Waals surface area contributed by atoms with Crippen LogP contribution in [-0.2, 0) is 9.53 Å². The van der Waals surface area contributed by atoms with Crippen LogP contribution in [0.25, 0.3) is 0 Å². The van der Waals surface area contributed by atoms with Gasteiger partial charge in [-0.15, -0.1) is 0 Å². The van der Waals surface area contributed by atoms with Gasteiger partial charge in [-0.05, 0) is 25.1 Å². The monoisotopic (exact) mass is 478 g/mol. The molecule has 0 heterocycles. The molecule has 0 aromatic heterocycles. The lowest BCUT2D eigenvalue weighted by Gasteiger charge is -2.21. The van der Waals surface area contributed by atoms with Gasteiger partial charge in [0.25, 0.3) is 11.6 Å². The van der Waals surface area contributed by atoms with Gasteiger partial charge in [0.1, 0.15) is 5.56 Å². The van der Waals surface area contributed by atoms with Crippen molar-refractivity contribution in [2.75, 3.05) is 5.32 Å². The molecule has 0 saturated carbocycles. The topological polar surface area (TPSA) is 133 Å². The second kappa shape index (κ2) is 8.87. The number of carbonyl (C=O) groups is 4. The number of halogens is 1. The van der Waals surface area contributed by atoms with E-state index in [4.69, 9.17) is 16.3 Å². The Bertz CT molecular complexity index is 1400. The molecule has 34 heavy (non-hydrogen) atoms. The number of hydrogen-bond donors (Lipinski definition) is 1. The minimum Gasteiger partial charge on any atom is -0.449 e. The summed E-state index contributed by atoms with van der Waals surface area (Å²) in [6.45, 7) is 1.27. The molecule has 3 aromatic carbocycles. The first-order chi connectivity index (χ1) is 16.2. The Hall–Kier alpha value is -4.37. The lowest BCUT2D eigenvalue weighted by molar-refractivity contribution is -0.385. The van der Waals surface area contributed by atoms with Crippen molar-refractivity contribution in [1.29, 1.82) is 0 Å². The molecule has 0 radical (unpaired) electrons. The Morgan fingerprint density at radius 2 is 1.62 bits per heavy atom. The van der Waals surface area contributed by atoms with E-state index in [-0.39, 0.29) is 38.7 Å². The van der Waals surface area contributed by atoms with Gasteiger partial charge in [-0.3, -0.25) is 24.5 Å². The number of hydrogen-bond acceptors (Lipinski definition) is 7. The second-order valence-electron chi connectivity index (χ2n) is 7.39. The summed E-state index contributed by atoms with van der Waals surface area (Å²) in [6.07, 6.45) is -1.39. The minimum absolute atomic E-state index is 0.0311. The summed E-state index contributed by atoms with van der Waals surface area (Å²) in [6, 6.07) is 14.2. The van der Waals surface area contributed by atoms with E-state index >= 15 is 0 Å². The average molecular weight is 479 g/mol. The first-order valence-electron chi connectivity index (χ1n) is 9.96. The van der Waals surface area contributed by atoms with Gasteiger partial charge in [-0.25, -0.2) is 4.79 Å². The molecule has 0 saturated heterocycles. The molecular formula is C24H15ClN2O7. The molecule has 1 unspecified atom stereocenters. The molecule has 0 bridgehead atoms. The highest BCUT2D eigenvalue weighted by Gasteiger charge is 2.32. The molecule has 1 amide bonds. The van der Waals surface area contributed by atoms with Gasteiger partial charge in [0, 0.05) is 27.8 Å². The van der Waals surface area contributed by atoms with Crippen LogP contribution in [0, 0.1) is 10.1 Å². The third kappa shape index (κ3) is 4.04. The average Bonchev–Trinajstić information content (AvgIpc) is 2.82. The summed E-state index contributed by atoms with van der Waals surface area (Å²) in [7, 11) is 0. The number of amides is 1. The third-order valence-electron chi connectivity index (χ3n) is 5.24. The fraction of sp³-hybridized carbons (Fsp3) is 0.0833. The number of carbonyl (C=O) groups excluding carboxylic acids is 4. The Morgan fingerprint density at radius 3 is 2.29 bits per heavy atom. The van der Waals surface area contributed by atoms with E-state index < -0.39 is 39.9 Å². The molecule has 0 aliphatic heterocycles. The van der Waals surface area contributed by atoms with E-state index in [1.807, 2.05) is 0 Å². The number of nitro groups is 1. The number of ketones is 2. The summed E-state index contributed by atoms with van der Waals surface area (Å²) in [5.41, 5.74) is -0.201. The van der Waals surface area contributed by atoms with Crippen LogP contribution in [0.4, 0.5) is 11.4 Å². The lowest BCUT2D eigenvalue weighted by atomic mass is 9.83. The van der Waals surface area contributed by atoms with E-state index in [1.54, 1.807) is 18.2 Å². The van der Waals surface area contributed by atoms with E-state index in [9.17, 15) is 29.3 Å². The molecule has 4 rings (SSSR count). The Balaban J connectivity index is 1.57. The van der Waals surface area contributed by atoms with Crippen LogP contribution >= 0.6 is 11.6 Å². The molecule has 0 spiro atoms. The zero-order valence-electron chi connectivity index (χ0n) is 17.5. The van der Waals surface area contributed by atoms with Gasteiger partial charge in [-0.1, -0.05) is 48.0 Å². The maximum absolute atomic E-state index is 13.1. The number of nitro benzene ring substituents is 1. The predicted molar refractivity (Wildman–Crippen MR) is 121 cm³/mol. The lowest BCUT2D eigenvalue weighted by Crippen LogP contribution is -2.31. The summed E-state index contributed by atoms with van der Waals surface area (Å²) < 4.78 is 5.10. The van der Waals surface area contributed by atoms with Crippen molar-refractivity contribution in [3.63, 3.8) is 0 Å². The summed E-state index contributed by atoms with van der Waals surface area (Å²) in [4.78, 5) is 61.6. The molecule has 9 nitrogen and oxygen atoms in total. The standard InChI is InChI=1S/C24H15ClN2O7/c1-12(34-24(31)17-11-13(25)9-10-19(17)27(32)33)23(30)26-18-8-4-7-16-20(18)22(29)15-6-3-2-5-14(15)21(16)28/h2-12H,1H3,(H,26,30). The second-order valence-corrected chi connectivity index (χ2v) is 7.82. The Kier molecular flexibility index (Phi) is 5.95. The molecule has 1 N–H and O–H groups in total. The van der Waals surface area contributed by atoms with Crippen LogP contribution in [0.1, 0.15) is 49.1 Å². The molecule has 3 aromatic rings. The quantitative estimate of drug-likeness (QED) is 0.258. The molecule has 1 aliphatic rings. The molecular weight excluding hydrogens is 464 g/mol. The van der Waals surface area contributed by atoms with Crippen LogP contribution in [0.5, 0.6) is 0 Å². The van der Waals surface area contributed by atoms with Gasteiger partial charge in [0.2, 0.25) is 0 Å². The van der Waals surface area contributed by atoms with E-state index in [1.165, 1.54) is 37.3 Å². The third-order valence-corrected chi connectivity index (χ3v) is 5.47. The van der Waals surface area contributed by atoms with Crippen molar-refractivity contribution >= 4 is 46.4 Å². The molecule has 0 fully saturated rings. The van der Waals surface area contributed by atoms with E-state index in [2.05, 4.69) is 5.32 Å². The smallest absolute Gasteiger partial charge is 0.345 e. The fourth-order valence-electron chi connectivity index (χ4n) is 3.59. The van der Waals surface area contributed by atoms with Gasteiger partial charge in [0.15, 0.2) is 17.7 Å². The molecule has 170 valence electrons. The highest BCUT2D eigenvalue weighted by atomic mass is 35.5. The van der Waals surface area contributed by atoms with Gasteiger partial charge >= 0.3 is 5.97 Å². The number of nitrogens with zero attached hydrogens (tertiary/aromatic N) is 1. The Morgan fingerprint density at radius 1 is 0.971 bits per heavy atom. The summed E-state index contributed by atoms with van der Waals surface area (Å²) >= 11 is 5.83. The SMILES string of the molecule is CC(OC(=O)c1cc(Cl)ccc1[N+](=O)[O-])C(=O)Nc1cccc2c1C(=O)c1ccccc1C2=O. The van der Waals surface area contributed by atoms with Crippen molar-refractivity contribution < 1.29 is 28.8 Å².